The Bertz CT molecular complexity index is 1250. The third-order valence-electron chi connectivity index (χ3n) is 6.17. The second-order valence-corrected chi connectivity index (χ2v) is 8.87. The first kappa shape index (κ1) is 23.3. The zero-order chi connectivity index (χ0) is 24.4. The van der Waals surface area contributed by atoms with Gasteiger partial charge in [0.05, 0.1) is 11.6 Å². The lowest BCUT2D eigenvalue weighted by Gasteiger charge is -2.37. The van der Waals surface area contributed by atoms with Crippen LogP contribution < -0.4 is 14.8 Å². The zero-order valence-electron chi connectivity index (χ0n) is 20.0. The van der Waals surface area contributed by atoms with Gasteiger partial charge in [-0.05, 0) is 63.2 Å². The van der Waals surface area contributed by atoms with E-state index >= 15 is 0 Å². The number of ether oxygens (including phenoxy) is 3. The Labute approximate surface area is 209 Å². The summed E-state index contributed by atoms with van der Waals surface area (Å²) in [6.07, 6.45) is 0.849. The molecule has 3 aromatic rings. The molecule has 3 heterocycles. The molecule has 0 aliphatic carbocycles. The number of rotatable bonds is 8. The molecule has 5 rings (SSSR count). The van der Waals surface area contributed by atoms with Gasteiger partial charge in [-0.25, -0.2) is 0 Å². The fourth-order valence-electron chi connectivity index (χ4n) is 4.29. The fraction of sp³-hybridized carbons (Fsp3) is 0.346. The van der Waals surface area contributed by atoms with Crippen molar-refractivity contribution in [1.82, 2.24) is 20.4 Å². The second-order valence-electron chi connectivity index (χ2n) is 8.49. The molecule has 0 bridgehead atoms. The molecule has 0 saturated heterocycles. The van der Waals surface area contributed by atoms with E-state index < -0.39 is 0 Å². The molecule has 35 heavy (non-hydrogen) atoms. The molecular weight excluding hydrogens is 464 g/mol. The monoisotopic (exact) mass is 492 g/mol. The van der Waals surface area contributed by atoms with E-state index in [1.165, 1.54) is 5.56 Å². The van der Waals surface area contributed by atoms with Crippen molar-refractivity contribution in [1.29, 1.82) is 0 Å². The molecular formula is C26H28N4O4S. The Morgan fingerprint density at radius 3 is 2.71 bits per heavy atom. The van der Waals surface area contributed by atoms with Crippen LogP contribution in [0.1, 0.15) is 43.3 Å². The van der Waals surface area contributed by atoms with Crippen LogP contribution in [0, 0.1) is 6.92 Å². The molecule has 0 spiro atoms. The zero-order valence-corrected chi connectivity index (χ0v) is 20.9. The average Bonchev–Trinajstić information content (AvgIpc) is 3.53. The predicted molar refractivity (Wildman–Crippen MR) is 136 cm³/mol. The molecule has 0 radical (unpaired) electrons. The molecule has 9 heteroatoms. The number of nitrogens with zero attached hydrogens (tertiary/aromatic N) is 3. The highest BCUT2D eigenvalue weighted by Crippen LogP contribution is 2.39. The number of hydrogen-bond donors (Lipinski definition) is 1. The van der Waals surface area contributed by atoms with Gasteiger partial charge in [0, 0.05) is 31.0 Å². The van der Waals surface area contributed by atoms with Gasteiger partial charge in [-0.3, -0.25) is 0 Å². The normalized spacial score (nSPS) is 17.2. The molecule has 0 amide bonds. The van der Waals surface area contributed by atoms with E-state index in [2.05, 4.69) is 53.5 Å². The standard InChI is InChI=1S/C26H28N4O4S/c1-4-31-13-5-12-30-17(3)22(23(27-26(30)35)18-8-6-16(2)7-9-18)25-28-24(29-34-25)19-10-11-20-21(14-19)33-15-32-20/h6-11,14,23H,4-5,12-13,15H2,1-3H3,(H,27,35). The van der Waals surface area contributed by atoms with Gasteiger partial charge in [0.25, 0.3) is 5.89 Å². The Morgan fingerprint density at radius 2 is 1.91 bits per heavy atom. The van der Waals surface area contributed by atoms with Crippen LogP contribution in [0.5, 0.6) is 11.5 Å². The van der Waals surface area contributed by atoms with Gasteiger partial charge in [-0.15, -0.1) is 0 Å². The van der Waals surface area contributed by atoms with Crippen LogP contribution in [0.2, 0.25) is 0 Å². The third kappa shape index (κ3) is 4.74. The summed E-state index contributed by atoms with van der Waals surface area (Å²) in [5, 5.41) is 8.45. The first-order valence-electron chi connectivity index (χ1n) is 11.7. The number of fused-ring (bicyclic) bond motifs is 1. The number of allylic oxidation sites excluding steroid dienone is 1. The van der Waals surface area contributed by atoms with E-state index in [0.717, 1.165) is 35.4 Å². The summed E-state index contributed by atoms with van der Waals surface area (Å²) in [5.41, 5.74) is 4.94. The molecule has 2 aliphatic rings. The summed E-state index contributed by atoms with van der Waals surface area (Å²) in [5.74, 6) is 2.32. The lowest BCUT2D eigenvalue weighted by molar-refractivity contribution is 0.141. The number of aryl methyl sites for hydroxylation is 1. The SMILES string of the molecule is CCOCCCN1C(=S)NC(c2ccc(C)cc2)C(c2nc(-c3ccc4c(c3)OCO4)no2)=C1C. The summed E-state index contributed by atoms with van der Waals surface area (Å²) in [6.45, 7) is 8.43. The summed E-state index contributed by atoms with van der Waals surface area (Å²) >= 11 is 5.76. The van der Waals surface area contributed by atoms with Gasteiger partial charge in [-0.1, -0.05) is 35.0 Å². The summed E-state index contributed by atoms with van der Waals surface area (Å²) in [4.78, 5) is 6.86. The Hall–Kier alpha value is -3.43. The number of thiocarbonyl (C=S) groups is 1. The van der Waals surface area contributed by atoms with Crippen LogP contribution in [-0.4, -0.2) is 46.7 Å². The van der Waals surface area contributed by atoms with Crippen molar-refractivity contribution in [3.8, 4) is 22.9 Å². The summed E-state index contributed by atoms with van der Waals surface area (Å²) < 4.78 is 22.3. The Kier molecular flexibility index (Phi) is 6.70. The lowest BCUT2D eigenvalue weighted by Crippen LogP contribution is -2.46. The molecule has 1 aromatic heterocycles. The van der Waals surface area contributed by atoms with Crippen molar-refractivity contribution in [3.63, 3.8) is 0 Å². The van der Waals surface area contributed by atoms with Gasteiger partial charge in [-0.2, -0.15) is 4.98 Å². The number of hydrogen-bond acceptors (Lipinski definition) is 7. The second kappa shape index (κ2) is 10.1. The van der Waals surface area contributed by atoms with E-state index in [4.69, 9.17) is 35.9 Å². The lowest BCUT2D eigenvalue weighted by atomic mass is 9.94. The highest BCUT2D eigenvalue weighted by molar-refractivity contribution is 7.80. The number of nitrogens with one attached hydrogen (secondary N) is 1. The fourth-order valence-corrected chi connectivity index (χ4v) is 4.64. The van der Waals surface area contributed by atoms with Crippen LogP contribution in [0.3, 0.4) is 0 Å². The highest BCUT2D eigenvalue weighted by atomic mass is 32.1. The van der Waals surface area contributed by atoms with E-state index in [9.17, 15) is 0 Å². The maximum absolute atomic E-state index is 5.82. The van der Waals surface area contributed by atoms with E-state index in [-0.39, 0.29) is 12.8 Å². The third-order valence-corrected chi connectivity index (χ3v) is 6.51. The maximum Gasteiger partial charge on any atom is 0.258 e. The van der Waals surface area contributed by atoms with E-state index in [1.54, 1.807) is 0 Å². The minimum Gasteiger partial charge on any atom is -0.454 e. The van der Waals surface area contributed by atoms with Crippen LogP contribution in [0.4, 0.5) is 0 Å². The minimum absolute atomic E-state index is 0.212. The van der Waals surface area contributed by atoms with Crippen molar-refractivity contribution in [2.75, 3.05) is 26.6 Å². The van der Waals surface area contributed by atoms with Crippen molar-refractivity contribution in [3.05, 3.63) is 65.2 Å². The van der Waals surface area contributed by atoms with Gasteiger partial charge in [0.2, 0.25) is 12.6 Å². The Morgan fingerprint density at radius 1 is 1.11 bits per heavy atom. The molecule has 0 fully saturated rings. The van der Waals surface area contributed by atoms with Gasteiger partial charge in [0.15, 0.2) is 16.6 Å². The topological polar surface area (TPSA) is 81.9 Å². The van der Waals surface area contributed by atoms with Crippen molar-refractivity contribution >= 4 is 22.9 Å². The van der Waals surface area contributed by atoms with Crippen molar-refractivity contribution < 1.29 is 18.7 Å². The molecule has 1 unspecified atom stereocenters. The molecule has 0 saturated carbocycles. The largest absolute Gasteiger partial charge is 0.454 e. The molecule has 1 N–H and O–H groups in total. The van der Waals surface area contributed by atoms with Crippen LogP contribution >= 0.6 is 12.2 Å². The molecule has 2 aliphatic heterocycles. The smallest absolute Gasteiger partial charge is 0.258 e. The quantitative estimate of drug-likeness (QED) is 0.350. The van der Waals surface area contributed by atoms with Gasteiger partial charge >= 0.3 is 0 Å². The van der Waals surface area contributed by atoms with Gasteiger partial charge < -0.3 is 29.0 Å². The Balaban J connectivity index is 1.51. The minimum atomic E-state index is -0.212. The predicted octanol–water partition coefficient (Wildman–Crippen LogP) is 4.86. The summed E-state index contributed by atoms with van der Waals surface area (Å²) in [6, 6.07) is 13.8. The van der Waals surface area contributed by atoms with Gasteiger partial charge in [0.1, 0.15) is 0 Å². The average molecular weight is 493 g/mol. The molecule has 182 valence electrons. The molecule has 8 nitrogen and oxygen atoms in total. The van der Waals surface area contributed by atoms with E-state index in [1.807, 2.05) is 25.1 Å². The van der Waals surface area contributed by atoms with Crippen LogP contribution in [-0.2, 0) is 4.74 Å². The molecule has 2 aromatic carbocycles. The maximum atomic E-state index is 5.82. The number of benzene rings is 2. The summed E-state index contributed by atoms with van der Waals surface area (Å²) in [7, 11) is 0. The van der Waals surface area contributed by atoms with Crippen molar-refractivity contribution in [2.45, 2.75) is 33.2 Å². The van der Waals surface area contributed by atoms with Crippen LogP contribution in [0.15, 0.2) is 52.7 Å². The van der Waals surface area contributed by atoms with Crippen LogP contribution in [0.25, 0.3) is 17.0 Å². The molecule has 1 atom stereocenters. The first-order valence-corrected chi connectivity index (χ1v) is 12.1. The first-order chi connectivity index (χ1) is 17.0. The highest BCUT2D eigenvalue weighted by Gasteiger charge is 2.34. The van der Waals surface area contributed by atoms with Crippen molar-refractivity contribution in [2.24, 2.45) is 0 Å². The van der Waals surface area contributed by atoms with E-state index in [0.29, 0.717) is 41.5 Å². The number of aromatic nitrogens is 2.